The fourth-order valence-corrected chi connectivity index (χ4v) is 1.70. The van der Waals surface area contributed by atoms with Gasteiger partial charge in [-0.3, -0.25) is 4.79 Å². The number of nitrogens with one attached hydrogen (secondary N) is 1. The van der Waals surface area contributed by atoms with Crippen LogP contribution in [0.1, 0.15) is 33.1 Å². The maximum absolute atomic E-state index is 11.9. The molecule has 1 N–H and O–H groups in total. The molecule has 1 rings (SSSR count). The maximum Gasteiger partial charge on any atom is 0.331 e. The Morgan fingerprint density at radius 2 is 2.19 bits per heavy atom. The summed E-state index contributed by atoms with van der Waals surface area (Å²) in [5.41, 5.74) is -0.888. The van der Waals surface area contributed by atoms with Crippen LogP contribution in [0.3, 0.4) is 0 Å². The highest BCUT2D eigenvalue weighted by molar-refractivity contribution is 5.87. The summed E-state index contributed by atoms with van der Waals surface area (Å²) in [4.78, 5) is 22.9. The number of ether oxygens (including phenoxy) is 1. The van der Waals surface area contributed by atoms with Crippen LogP contribution in [0.5, 0.6) is 0 Å². The summed E-state index contributed by atoms with van der Waals surface area (Å²) < 4.78 is 5.05. The van der Waals surface area contributed by atoms with Gasteiger partial charge in [0.15, 0.2) is 0 Å². The van der Waals surface area contributed by atoms with E-state index in [0.29, 0.717) is 6.42 Å². The second kappa shape index (κ2) is 5.02. The van der Waals surface area contributed by atoms with Gasteiger partial charge >= 0.3 is 5.97 Å². The third-order valence-corrected chi connectivity index (χ3v) is 2.73. The molecule has 0 aliphatic heterocycles. The van der Waals surface area contributed by atoms with Crippen LogP contribution in [0.15, 0.2) is 0 Å². The molecule has 16 heavy (non-hydrogen) atoms. The van der Waals surface area contributed by atoms with Gasteiger partial charge in [0.25, 0.3) is 0 Å². The van der Waals surface area contributed by atoms with Gasteiger partial charge in [0.05, 0.1) is 0 Å². The van der Waals surface area contributed by atoms with E-state index in [2.05, 4.69) is 11.2 Å². The Morgan fingerprint density at radius 1 is 1.56 bits per heavy atom. The van der Waals surface area contributed by atoms with E-state index in [1.807, 2.05) is 0 Å². The van der Waals surface area contributed by atoms with E-state index in [9.17, 15) is 9.59 Å². The first-order chi connectivity index (χ1) is 7.50. The summed E-state index contributed by atoms with van der Waals surface area (Å²) in [5.74, 6) is 1.98. The molecule has 88 valence electrons. The molecule has 0 aromatic heterocycles. The molecule has 0 radical (unpaired) electrons. The van der Waals surface area contributed by atoms with Crippen molar-refractivity contribution in [2.75, 3.05) is 6.61 Å². The highest BCUT2D eigenvalue weighted by Crippen LogP contribution is 2.40. The van der Waals surface area contributed by atoms with E-state index in [4.69, 9.17) is 11.2 Å². The van der Waals surface area contributed by atoms with Gasteiger partial charge in [-0.15, -0.1) is 12.3 Å². The summed E-state index contributed by atoms with van der Waals surface area (Å²) in [6, 6.07) is 0. The van der Waals surface area contributed by atoms with Crippen LogP contribution in [-0.2, 0) is 14.3 Å². The molecule has 0 heterocycles. The van der Waals surface area contributed by atoms with Gasteiger partial charge in [-0.25, -0.2) is 4.79 Å². The Kier molecular flexibility index (Phi) is 3.94. The molecule has 1 aliphatic carbocycles. The highest BCUT2D eigenvalue weighted by atomic mass is 16.5. The first kappa shape index (κ1) is 12.6. The van der Waals surface area contributed by atoms with Gasteiger partial charge in [-0.2, -0.15) is 0 Å². The van der Waals surface area contributed by atoms with E-state index in [0.717, 1.165) is 12.8 Å². The minimum absolute atomic E-state index is 0.190. The van der Waals surface area contributed by atoms with Crippen molar-refractivity contribution in [1.29, 1.82) is 0 Å². The van der Waals surface area contributed by atoms with Crippen molar-refractivity contribution in [1.82, 2.24) is 5.32 Å². The van der Waals surface area contributed by atoms with Crippen LogP contribution >= 0.6 is 0 Å². The predicted molar refractivity (Wildman–Crippen MR) is 59.4 cm³/mol. The van der Waals surface area contributed by atoms with Crippen LogP contribution in [0.4, 0.5) is 0 Å². The molecule has 0 aromatic rings. The molecule has 1 aliphatic rings. The Morgan fingerprint density at radius 3 is 2.62 bits per heavy atom. The van der Waals surface area contributed by atoms with Crippen LogP contribution in [0.2, 0.25) is 0 Å². The van der Waals surface area contributed by atoms with E-state index < -0.39 is 5.54 Å². The molecule has 0 unspecified atom stereocenters. The second-order valence-corrected chi connectivity index (χ2v) is 4.25. The Balaban J connectivity index is 2.58. The molecule has 0 aromatic carbocycles. The van der Waals surface area contributed by atoms with Crippen LogP contribution < -0.4 is 5.32 Å². The third-order valence-electron chi connectivity index (χ3n) is 2.73. The topological polar surface area (TPSA) is 55.4 Å². The highest BCUT2D eigenvalue weighted by Gasteiger charge is 2.49. The molecular weight excluding hydrogens is 206 g/mol. The Bertz CT molecular complexity index is 328. The Hall–Kier alpha value is -1.50. The third kappa shape index (κ3) is 2.99. The first-order valence-corrected chi connectivity index (χ1v) is 5.40. The molecule has 1 amide bonds. The van der Waals surface area contributed by atoms with Gasteiger partial charge < -0.3 is 10.1 Å². The average molecular weight is 223 g/mol. The summed E-state index contributed by atoms with van der Waals surface area (Å²) in [6.45, 7) is 3.32. The zero-order valence-electron chi connectivity index (χ0n) is 9.71. The molecule has 4 heteroatoms. The van der Waals surface area contributed by atoms with E-state index in [1.165, 1.54) is 6.92 Å². The van der Waals surface area contributed by atoms with E-state index >= 15 is 0 Å². The molecule has 0 spiro atoms. The zero-order chi connectivity index (χ0) is 12.2. The summed E-state index contributed by atoms with van der Waals surface area (Å²) >= 11 is 0. The van der Waals surface area contributed by atoms with Gasteiger partial charge in [-0.1, -0.05) is 0 Å². The van der Waals surface area contributed by atoms with Crippen LogP contribution in [0, 0.1) is 18.3 Å². The zero-order valence-corrected chi connectivity index (χ0v) is 9.71. The van der Waals surface area contributed by atoms with Crippen molar-refractivity contribution >= 4 is 11.9 Å². The molecule has 0 bridgehead atoms. The lowest BCUT2D eigenvalue weighted by molar-refractivity contribution is -0.153. The predicted octanol–water partition coefficient (Wildman–Crippen LogP) is 0.858. The van der Waals surface area contributed by atoms with Crippen molar-refractivity contribution in [3.63, 3.8) is 0 Å². The lowest BCUT2D eigenvalue weighted by atomic mass is 9.96. The first-order valence-electron chi connectivity index (χ1n) is 5.40. The molecule has 1 saturated carbocycles. The van der Waals surface area contributed by atoms with E-state index in [1.54, 1.807) is 6.92 Å². The molecular formula is C12H17NO3. The van der Waals surface area contributed by atoms with Crippen molar-refractivity contribution in [2.24, 2.45) is 5.92 Å². The maximum atomic E-state index is 11.9. The molecule has 4 nitrogen and oxygen atoms in total. The fourth-order valence-electron chi connectivity index (χ4n) is 1.70. The lowest BCUT2D eigenvalue weighted by Crippen LogP contribution is -2.54. The van der Waals surface area contributed by atoms with Gasteiger partial charge in [0.1, 0.15) is 12.1 Å². The monoisotopic (exact) mass is 223 g/mol. The SMILES string of the molecule is C#CCCOC(=O)[C@](C)(NC(C)=O)C1CC1. The minimum atomic E-state index is -0.888. The number of amides is 1. The summed E-state index contributed by atoms with van der Waals surface area (Å²) in [5, 5.41) is 2.68. The number of carbonyl (C=O) groups excluding carboxylic acids is 2. The smallest absolute Gasteiger partial charge is 0.331 e. The van der Waals surface area contributed by atoms with Gasteiger partial charge in [0, 0.05) is 13.3 Å². The number of carbonyl (C=O) groups is 2. The quantitative estimate of drug-likeness (QED) is 0.427. The van der Waals surface area contributed by atoms with Crippen LogP contribution in [-0.4, -0.2) is 24.0 Å². The van der Waals surface area contributed by atoms with Gasteiger partial charge in [0.2, 0.25) is 5.91 Å². The number of esters is 1. The molecule has 1 atom stereocenters. The second-order valence-electron chi connectivity index (χ2n) is 4.25. The average Bonchev–Trinajstić information content (AvgIpc) is 2.99. The molecule has 0 saturated heterocycles. The summed E-state index contributed by atoms with van der Waals surface area (Å²) in [6.07, 6.45) is 7.35. The van der Waals surface area contributed by atoms with Crippen molar-refractivity contribution in [3.05, 3.63) is 0 Å². The standard InChI is InChI=1S/C12H17NO3/c1-4-5-8-16-11(15)12(3,10-6-7-10)13-9(2)14/h1,10H,5-8H2,2-3H3,(H,13,14)/t12-/m1/s1. The fraction of sp³-hybridized carbons (Fsp3) is 0.667. The number of terminal acetylenes is 1. The largest absolute Gasteiger partial charge is 0.463 e. The van der Waals surface area contributed by atoms with Gasteiger partial charge in [-0.05, 0) is 25.7 Å². The van der Waals surface area contributed by atoms with Crippen molar-refractivity contribution in [2.45, 2.75) is 38.6 Å². The number of hydrogen-bond donors (Lipinski definition) is 1. The summed E-state index contributed by atoms with van der Waals surface area (Å²) in [7, 11) is 0. The lowest BCUT2D eigenvalue weighted by Gasteiger charge is -2.27. The minimum Gasteiger partial charge on any atom is -0.463 e. The van der Waals surface area contributed by atoms with Crippen molar-refractivity contribution in [3.8, 4) is 12.3 Å². The number of hydrogen-bond acceptors (Lipinski definition) is 3. The Labute approximate surface area is 95.7 Å². The normalized spacial score (nSPS) is 18.1. The van der Waals surface area contributed by atoms with E-state index in [-0.39, 0.29) is 24.4 Å². The van der Waals surface area contributed by atoms with Crippen LogP contribution in [0.25, 0.3) is 0 Å². The number of rotatable bonds is 5. The molecule has 1 fully saturated rings. The van der Waals surface area contributed by atoms with Crippen molar-refractivity contribution < 1.29 is 14.3 Å².